The first kappa shape index (κ1) is 20.2. The smallest absolute Gasteiger partial charge is 0.280 e. The van der Waals surface area contributed by atoms with Crippen molar-refractivity contribution in [3.05, 3.63) is 87.7 Å². The maximum Gasteiger partial charge on any atom is 0.295 e. The summed E-state index contributed by atoms with van der Waals surface area (Å²) in [4.78, 5) is 14.3. The van der Waals surface area contributed by atoms with E-state index in [1.807, 2.05) is 0 Å². The molecule has 148 valence electrons. The van der Waals surface area contributed by atoms with Crippen LogP contribution in [0.5, 0.6) is 0 Å². The lowest BCUT2D eigenvalue weighted by molar-refractivity contribution is -0.384. The molecule has 1 aromatic heterocycles. The van der Waals surface area contributed by atoms with Crippen LogP contribution in [0.1, 0.15) is 5.56 Å². The van der Waals surface area contributed by atoms with Crippen LogP contribution < -0.4 is 10.1 Å². The number of aromatic nitrogens is 1. The summed E-state index contributed by atoms with van der Waals surface area (Å²) in [5.74, 6) is 0. The first-order valence-corrected chi connectivity index (χ1v) is 9.97. The van der Waals surface area contributed by atoms with E-state index in [0.717, 1.165) is 11.6 Å². The SMILES string of the molecule is O=[N+]([O-])c1cc(S(=O)(=O)Nc2cccc(Cl)c2)ccc1N/N=C/c1ccncc1. The van der Waals surface area contributed by atoms with Crippen molar-refractivity contribution < 1.29 is 13.3 Å². The zero-order valence-corrected chi connectivity index (χ0v) is 16.3. The molecule has 2 N–H and O–H groups in total. The summed E-state index contributed by atoms with van der Waals surface area (Å²) in [6, 6.07) is 13.0. The fraction of sp³-hybridized carbons (Fsp3) is 0. The van der Waals surface area contributed by atoms with Crippen LogP contribution in [-0.4, -0.2) is 24.5 Å². The van der Waals surface area contributed by atoms with Gasteiger partial charge in [-0.3, -0.25) is 25.2 Å². The molecule has 0 aliphatic carbocycles. The highest BCUT2D eigenvalue weighted by atomic mass is 35.5. The van der Waals surface area contributed by atoms with Crippen LogP contribution in [0, 0.1) is 10.1 Å². The van der Waals surface area contributed by atoms with Gasteiger partial charge in [-0.05, 0) is 48.0 Å². The van der Waals surface area contributed by atoms with Crippen molar-refractivity contribution >= 4 is 44.9 Å². The van der Waals surface area contributed by atoms with Crippen LogP contribution in [-0.2, 0) is 10.0 Å². The fourth-order valence-electron chi connectivity index (χ4n) is 2.32. The molecule has 0 amide bonds. The number of pyridine rings is 1. The summed E-state index contributed by atoms with van der Waals surface area (Å²) in [5.41, 5.74) is 3.13. The molecule has 0 spiro atoms. The van der Waals surface area contributed by atoms with E-state index in [1.165, 1.54) is 30.5 Å². The van der Waals surface area contributed by atoms with Gasteiger partial charge in [0.15, 0.2) is 0 Å². The maximum atomic E-state index is 12.6. The zero-order chi connectivity index (χ0) is 20.9. The minimum Gasteiger partial charge on any atom is -0.280 e. The summed E-state index contributed by atoms with van der Waals surface area (Å²) < 4.78 is 27.5. The molecule has 29 heavy (non-hydrogen) atoms. The van der Waals surface area contributed by atoms with Gasteiger partial charge in [-0.15, -0.1) is 0 Å². The molecular weight excluding hydrogens is 418 g/mol. The largest absolute Gasteiger partial charge is 0.295 e. The first-order chi connectivity index (χ1) is 13.8. The Labute approximate surface area is 171 Å². The number of halogens is 1. The summed E-state index contributed by atoms with van der Waals surface area (Å²) in [5, 5.41) is 15.7. The van der Waals surface area contributed by atoms with Crippen LogP contribution >= 0.6 is 11.6 Å². The van der Waals surface area contributed by atoms with Gasteiger partial charge in [-0.2, -0.15) is 5.10 Å². The van der Waals surface area contributed by atoms with Gasteiger partial charge in [0, 0.05) is 23.5 Å². The van der Waals surface area contributed by atoms with Crippen molar-refractivity contribution in [1.29, 1.82) is 0 Å². The number of hydrogen-bond acceptors (Lipinski definition) is 7. The highest BCUT2D eigenvalue weighted by Gasteiger charge is 2.21. The Morgan fingerprint density at radius 1 is 1.10 bits per heavy atom. The topological polar surface area (TPSA) is 127 Å². The molecule has 0 unspecified atom stereocenters. The van der Waals surface area contributed by atoms with Crippen molar-refractivity contribution in [3.8, 4) is 0 Å². The average Bonchev–Trinajstić information content (AvgIpc) is 2.68. The van der Waals surface area contributed by atoms with Gasteiger partial charge in [0.2, 0.25) is 0 Å². The summed E-state index contributed by atoms with van der Waals surface area (Å²) in [6.07, 6.45) is 4.61. The number of hydrazone groups is 1. The molecule has 11 heteroatoms. The van der Waals surface area contributed by atoms with E-state index >= 15 is 0 Å². The molecule has 0 aliphatic heterocycles. The van der Waals surface area contributed by atoms with E-state index in [9.17, 15) is 18.5 Å². The summed E-state index contributed by atoms with van der Waals surface area (Å²) in [6.45, 7) is 0. The van der Waals surface area contributed by atoms with E-state index in [2.05, 4.69) is 20.2 Å². The molecule has 0 bridgehead atoms. The molecule has 0 aliphatic rings. The third-order valence-electron chi connectivity index (χ3n) is 3.66. The molecule has 0 radical (unpaired) electrons. The van der Waals surface area contributed by atoms with E-state index < -0.39 is 20.6 Å². The Balaban J connectivity index is 1.85. The monoisotopic (exact) mass is 431 g/mol. The molecule has 0 fully saturated rings. The van der Waals surface area contributed by atoms with Gasteiger partial charge in [-0.25, -0.2) is 8.42 Å². The average molecular weight is 432 g/mol. The van der Waals surface area contributed by atoms with Gasteiger partial charge in [0.25, 0.3) is 15.7 Å². The lowest BCUT2D eigenvalue weighted by Crippen LogP contribution is -2.13. The predicted molar refractivity (Wildman–Crippen MR) is 111 cm³/mol. The second kappa shape index (κ2) is 8.67. The number of benzene rings is 2. The molecule has 1 heterocycles. The van der Waals surface area contributed by atoms with Gasteiger partial charge in [0.1, 0.15) is 5.69 Å². The van der Waals surface area contributed by atoms with E-state index in [4.69, 9.17) is 11.6 Å². The number of nitrogens with zero attached hydrogens (tertiary/aromatic N) is 3. The number of anilines is 2. The number of hydrogen-bond donors (Lipinski definition) is 2. The van der Waals surface area contributed by atoms with Crippen molar-refractivity contribution in [3.63, 3.8) is 0 Å². The highest BCUT2D eigenvalue weighted by molar-refractivity contribution is 7.92. The number of nitro groups is 1. The van der Waals surface area contributed by atoms with Crippen LogP contribution in [0.15, 0.2) is 77.0 Å². The van der Waals surface area contributed by atoms with Crippen LogP contribution in [0.3, 0.4) is 0 Å². The third kappa shape index (κ3) is 5.27. The molecule has 3 rings (SSSR count). The van der Waals surface area contributed by atoms with E-state index in [1.54, 1.807) is 36.7 Å². The Hall–Kier alpha value is -3.50. The molecule has 0 saturated carbocycles. The van der Waals surface area contributed by atoms with Gasteiger partial charge >= 0.3 is 0 Å². The second-order valence-electron chi connectivity index (χ2n) is 5.70. The fourth-order valence-corrected chi connectivity index (χ4v) is 3.58. The van der Waals surface area contributed by atoms with Crippen molar-refractivity contribution in [2.75, 3.05) is 10.1 Å². The number of nitrogens with one attached hydrogen (secondary N) is 2. The standard InChI is InChI=1S/C18H14ClN5O4S/c19-14-2-1-3-15(10-14)23-29(27,28)16-4-5-17(18(11-16)24(25)26)22-21-12-13-6-8-20-9-7-13/h1-12,22-23H/b21-12+. The minimum absolute atomic E-state index is 0.0435. The van der Waals surface area contributed by atoms with Crippen molar-refractivity contribution in [2.24, 2.45) is 5.10 Å². The molecule has 2 aromatic carbocycles. The zero-order valence-electron chi connectivity index (χ0n) is 14.7. The van der Waals surface area contributed by atoms with E-state index in [-0.39, 0.29) is 16.3 Å². The second-order valence-corrected chi connectivity index (χ2v) is 7.82. The Morgan fingerprint density at radius 3 is 2.55 bits per heavy atom. The Kier molecular flexibility index (Phi) is 6.05. The third-order valence-corrected chi connectivity index (χ3v) is 5.27. The number of sulfonamides is 1. The quantitative estimate of drug-likeness (QED) is 0.332. The highest BCUT2D eigenvalue weighted by Crippen LogP contribution is 2.29. The molecule has 0 atom stereocenters. The minimum atomic E-state index is -4.05. The van der Waals surface area contributed by atoms with Gasteiger partial charge < -0.3 is 0 Å². The normalized spacial score (nSPS) is 11.3. The molecule has 0 saturated heterocycles. The Bertz CT molecular complexity index is 1170. The van der Waals surface area contributed by atoms with E-state index in [0.29, 0.717) is 5.02 Å². The number of rotatable bonds is 7. The number of nitro benzene ring substituents is 1. The van der Waals surface area contributed by atoms with Crippen LogP contribution in [0.2, 0.25) is 5.02 Å². The van der Waals surface area contributed by atoms with Crippen molar-refractivity contribution in [2.45, 2.75) is 4.90 Å². The molecular formula is C18H14ClN5O4S. The summed E-state index contributed by atoms with van der Waals surface area (Å²) in [7, 11) is -4.05. The molecule has 9 nitrogen and oxygen atoms in total. The first-order valence-electron chi connectivity index (χ1n) is 8.11. The van der Waals surface area contributed by atoms with Crippen molar-refractivity contribution in [1.82, 2.24) is 4.98 Å². The van der Waals surface area contributed by atoms with Gasteiger partial charge in [-0.1, -0.05) is 17.7 Å². The Morgan fingerprint density at radius 2 is 1.86 bits per heavy atom. The van der Waals surface area contributed by atoms with Gasteiger partial charge in [0.05, 0.1) is 21.7 Å². The van der Waals surface area contributed by atoms with Crippen LogP contribution in [0.25, 0.3) is 0 Å². The maximum absolute atomic E-state index is 12.6. The predicted octanol–water partition coefficient (Wildman–Crippen LogP) is 3.89. The lowest BCUT2D eigenvalue weighted by atomic mass is 10.3. The van der Waals surface area contributed by atoms with Crippen LogP contribution in [0.4, 0.5) is 17.1 Å². The molecule has 3 aromatic rings. The summed E-state index contributed by atoms with van der Waals surface area (Å²) >= 11 is 5.85. The lowest BCUT2D eigenvalue weighted by Gasteiger charge is -2.09.